The van der Waals surface area contributed by atoms with Crippen molar-refractivity contribution in [2.45, 2.75) is 24.9 Å². The lowest BCUT2D eigenvalue weighted by molar-refractivity contribution is -0.00278. The van der Waals surface area contributed by atoms with Crippen molar-refractivity contribution >= 4 is 5.97 Å². The zero-order valence-electron chi connectivity index (χ0n) is 20.8. The highest BCUT2D eigenvalue weighted by atomic mass is 19.3. The summed E-state index contributed by atoms with van der Waals surface area (Å²) < 4.78 is 97.0. The molecule has 1 atom stereocenters. The Balaban J connectivity index is 2.03. The Morgan fingerprint density at radius 1 is 0.744 bits per heavy atom. The van der Waals surface area contributed by atoms with Crippen molar-refractivity contribution in [1.29, 1.82) is 0 Å². The molecule has 9 heteroatoms. The Hall–Kier alpha value is -4.27. The number of hydrogen-bond acceptors (Lipinski definition) is 3. The zero-order valence-corrected chi connectivity index (χ0v) is 20.8. The molecule has 0 aliphatic rings. The van der Waals surface area contributed by atoms with E-state index in [4.69, 9.17) is 9.47 Å². The van der Waals surface area contributed by atoms with Crippen LogP contribution in [0.3, 0.4) is 0 Å². The van der Waals surface area contributed by atoms with Crippen LogP contribution < -0.4 is 4.74 Å². The van der Waals surface area contributed by atoms with E-state index in [1.165, 1.54) is 19.2 Å². The Morgan fingerprint density at radius 2 is 1.36 bits per heavy atom. The predicted molar refractivity (Wildman–Crippen MR) is 132 cm³/mol. The molecule has 4 aromatic rings. The highest BCUT2D eigenvalue weighted by Crippen LogP contribution is 2.42. The van der Waals surface area contributed by atoms with Gasteiger partial charge in [0.1, 0.15) is 17.5 Å². The molecule has 0 radical (unpaired) electrons. The van der Waals surface area contributed by atoms with Crippen LogP contribution in [0.4, 0.5) is 26.3 Å². The van der Waals surface area contributed by atoms with Crippen molar-refractivity contribution in [1.82, 2.24) is 0 Å². The van der Waals surface area contributed by atoms with E-state index in [0.29, 0.717) is 24.6 Å². The quantitative estimate of drug-likeness (QED) is 0.168. The third-order valence-corrected chi connectivity index (χ3v) is 6.15. The Labute approximate surface area is 220 Å². The monoisotopic (exact) mass is 544 g/mol. The summed E-state index contributed by atoms with van der Waals surface area (Å²) in [4.78, 5) is 13.4. The molecule has 0 bridgehead atoms. The molecule has 0 N–H and O–H groups in total. The van der Waals surface area contributed by atoms with E-state index in [1.807, 2.05) is 0 Å². The lowest BCUT2D eigenvalue weighted by Crippen LogP contribution is -2.37. The molecule has 202 valence electrons. The van der Waals surface area contributed by atoms with E-state index < -0.39 is 51.9 Å². The molecule has 4 aromatic carbocycles. The van der Waals surface area contributed by atoms with Crippen LogP contribution in [0.1, 0.15) is 39.5 Å². The summed E-state index contributed by atoms with van der Waals surface area (Å²) in [6.07, 6.45) is -0.246. The average molecular weight is 544 g/mol. The molecule has 0 aliphatic carbocycles. The topological polar surface area (TPSA) is 35.5 Å². The smallest absolute Gasteiger partial charge is 0.339 e. The molecule has 4 rings (SSSR count). The Kier molecular flexibility index (Phi) is 7.72. The largest absolute Gasteiger partial charge is 0.494 e. The number of carbonyl (C=O) groups excluding carboxylic acids is 1. The summed E-state index contributed by atoms with van der Waals surface area (Å²) in [5.41, 5.74) is -2.97. The van der Waals surface area contributed by atoms with Crippen LogP contribution in [-0.2, 0) is 22.7 Å². The average Bonchev–Trinajstić information content (AvgIpc) is 2.87. The van der Waals surface area contributed by atoms with Gasteiger partial charge in [-0.3, -0.25) is 0 Å². The highest BCUT2D eigenvalue weighted by Gasteiger charge is 2.42. The van der Waals surface area contributed by atoms with Crippen molar-refractivity contribution in [3.63, 3.8) is 0 Å². The molecule has 0 spiro atoms. The molecule has 0 saturated carbocycles. The molecule has 0 amide bonds. The van der Waals surface area contributed by atoms with E-state index in [1.54, 1.807) is 30.3 Å². The molecule has 0 aromatic heterocycles. The van der Waals surface area contributed by atoms with Gasteiger partial charge in [0.2, 0.25) is 0 Å². The van der Waals surface area contributed by atoms with E-state index in [9.17, 15) is 31.1 Å². The van der Waals surface area contributed by atoms with Gasteiger partial charge in [-0.05, 0) is 48.0 Å². The van der Waals surface area contributed by atoms with Crippen LogP contribution >= 0.6 is 0 Å². The Morgan fingerprint density at radius 3 is 1.97 bits per heavy atom. The van der Waals surface area contributed by atoms with Crippen LogP contribution in [0.2, 0.25) is 0 Å². The highest BCUT2D eigenvalue weighted by molar-refractivity contribution is 5.90. The predicted octanol–water partition coefficient (Wildman–Crippen LogP) is 7.71. The van der Waals surface area contributed by atoms with Gasteiger partial charge in [-0.15, -0.1) is 0 Å². The zero-order chi connectivity index (χ0) is 28.4. The van der Waals surface area contributed by atoms with Crippen LogP contribution in [0.25, 0.3) is 0 Å². The molecule has 0 unspecified atom stereocenters. The number of alkyl halides is 2. The van der Waals surface area contributed by atoms with Gasteiger partial charge in [-0.1, -0.05) is 36.4 Å². The first kappa shape index (κ1) is 27.8. The number of methoxy groups -OCH3 is 1. The molecule has 0 heterocycles. The normalized spacial score (nSPS) is 13.0. The number of hydrogen-bond donors (Lipinski definition) is 0. The van der Waals surface area contributed by atoms with Crippen LogP contribution in [0.5, 0.6) is 5.75 Å². The maximum absolute atomic E-state index is 14.9. The van der Waals surface area contributed by atoms with Crippen LogP contribution in [0.15, 0.2) is 84.9 Å². The minimum Gasteiger partial charge on any atom is -0.494 e. The third-order valence-electron chi connectivity index (χ3n) is 6.15. The first-order valence-corrected chi connectivity index (χ1v) is 11.7. The van der Waals surface area contributed by atoms with Crippen LogP contribution in [-0.4, -0.2) is 13.1 Å². The minimum atomic E-state index is -3.48. The minimum absolute atomic E-state index is 0.0331. The molecule has 0 saturated heterocycles. The summed E-state index contributed by atoms with van der Waals surface area (Å²) in [5.74, 6) is -8.92. The molecule has 39 heavy (non-hydrogen) atoms. The first-order valence-electron chi connectivity index (χ1n) is 11.7. The van der Waals surface area contributed by atoms with Crippen molar-refractivity contribution in [3.05, 3.63) is 136 Å². The maximum atomic E-state index is 14.9. The van der Waals surface area contributed by atoms with Gasteiger partial charge in [-0.2, -0.15) is 0 Å². The van der Waals surface area contributed by atoms with Crippen molar-refractivity contribution in [3.8, 4) is 5.75 Å². The van der Waals surface area contributed by atoms with Crippen molar-refractivity contribution in [2.75, 3.05) is 7.11 Å². The molecule has 0 aliphatic heterocycles. The fourth-order valence-corrected chi connectivity index (χ4v) is 4.28. The van der Waals surface area contributed by atoms with Crippen molar-refractivity contribution in [2.24, 2.45) is 0 Å². The second-order valence-corrected chi connectivity index (χ2v) is 9.00. The van der Waals surface area contributed by atoms with Crippen molar-refractivity contribution < 1.29 is 40.6 Å². The van der Waals surface area contributed by atoms with E-state index in [2.05, 4.69) is 0 Å². The number of benzene rings is 4. The summed E-state index contributed by atoms with van der Waals surface area (Å²) in [5, 5.41) is 0. The van der Waals surface area contributed by atoms with E-state index in [-0.39, 0.29) is 23.3 Å². The van der Waals surface area contributed by atoms with Gasteiger partial charge in [0.25, 0.3) is 5.92 Å². The maximum Gasteiger partial charge on any atom is 0.339 e. The lowest BCUT2D eigenvalue weighted by atomic mass is 9.79. The summed E-state index contributed by atoms with van der Waals surface area (Å²) in [6.45, 7) is 0.576. The van der Waals surface area contributed by atoms with Gasteiger partial charge in [0.05, 0.1) is 12.7 Å². The van der Waals surface area contributed by atoms with Gasteiger partial charge < -0.3 is 9.47 Å². The molecular formula is C30H22F6O3. The number of esters is 1. The summed E-state index contributed by atoms with van der Waals surface area (Å²) in [7, 11) is 1.19. The Bertz CT molecular complexity index is 1480. The number of ether oxygens (including phenoxy) is 2. The molecule has 3 nitrogen and oxygen atoms in total. The fourth-order valence-electron chi connectivity index (χ4n) is 4.28. The SMILES string of the molecule is COc1cc([C@@](Cc2ccccc2)(OC(=O)c2cc(F)cc(F)c2)c2cc(F)cc(C(C)(F)F)c2)ccc1F. The number of carbonyl (C=O) groups is 1. The second-order valence-electron chi connectivity index (χ2n) is 9.00. The van der Waals surface area contributed by atoms with E-state index in [0.717, 1.165) is 30.3 Å². The molecule has 0 fully saturated rings. The summed E-state index contributed by atoms with van der Waals surface area (Å²) >= 11 is 0. The molecular weight excluding hydrogens is 522 g/mol. The number of rotatable bonds is 8. The summed E-state index contributed by atoms with van der Waals surface area (Å²) in [6, 6.07) is 16.4. The lowest BCUT2D eigenvalue weighted by Gasteiger charge is -2.36. The van der Waals surface area contributed by atoms with E-state index >= 15 is 0 Å². The fraction of sp³-hybridized carbons (Fsp3) is 0.167. The standard InChI is InChI=1S/C30H22F6O3/c1-29(35,36)21-12-22(14-25(33)13-21)30(17-18-6-4-3-5-7-18,20-8-9-26(34)27(15-20)38-2)39-28(37)19-10-23(31)16-24(32)11-19/h3-16H,17H2,1-2H3/t30-/m1/s1. The first-order chi connectivity index (χ1) is 18.4. The van der Waals surface area contributed by atoms with Gasteiger partial charge in [-0.25, -0.2) is 31.1 Å². The van der Waals surface area contributed by atoms with Gasteiger partial charge >= 0.3 is 5.97 Å². The number of halogens is 6. The van der Waals surface area contributed by atoms with Crippen LogP contribution in [0, 0.1) is 23.3 Å². The van der Waals surface area contributed by atoms with Gasteiger partial charge in [0, 0.05) is 36.1 Å². The van der Waals surface area contributed by atoms with Gasteiger partial charge in [0.15, 0.2) is 17.2 Å². The second kappa shape index (κ2) is 10.8. The third kappa shape index (κ3) is 6.08.